The van der Waals surface area contributed by atoms with E-state index in [1.807, 2.05) is 0 Å². The van der Waals surface area contributed by atoms with Crippen LogP contribution in [0.1, 0.15) is 0 Å². The second kappa shape index (κ2) is 16.3. The van der Waals surface area contributed by atoms with E-state index in [1.165, 1.54) is 64.9 Å². The highest BCUT2D eigenvalue weighted by Crippen LogP contribution is 2.44. The third kappa shape index (κ3) is 6.78. The SMILES string of the molecule is c1ccc(-c2nc3ccc(N(c4ccc5ccccc5c4)c4ccc5c(ccc6cc(N(c7ccc8ccccc8c7)c7ccc8c(c7)c7ccccc7n8-c7ccccc7)ccc65)c4)cc3s2)cc1. The Morgan fingerprint density at radius 1 is 0.314 bits per heavy atom. The molecule has 0 N–H and O–H groups in total. The smallest absolute Gasteiger partial charge is 0.124 e. The molecule has 4 nitrogen and oxygen atoms in total. The van der Waals surface area contributed by atoms with Crippen LogP contribution in [0.3, 0.4) is 0 Å². The van der Waals surface area contributed by atoms with E-state index < -0.39 is 0 Å². The molecule has 0 aliphatic carbocycles. The molecular formula is C65H42N4S. The number of nitrogens with zero attached hydrogens (tertiary/aromatic N) is 4. The van der Waals surface area contributed by atoms with Crippen LogP contribution in [0.15, 0.2) is 255 Å². The number of hydrogen-bond donors (Lipinski definition) is 0. The first-order chi connectivity index (χ1) is 34.7. The van der Waals surface area contributed by atoms with Gasteiger partial charge in [-0.1, -0.05) is 152 Å². The zero-order chi connectivity index (χ0) is 46.1. The van der Waals surface area contributed by atoms with Gasteiger partial charge in [0.25, 0.3) is 0 Å². The van der Waals surface area contributed by atoms with Crippen LogP contribution in [0.2, 0.25) is 0 Å². The molecule has 14 rings (SSSR count). The Balaban J connectivity index is 0.895. The Bertz CT molecular complexity index is 4330. The first-order valence-corrected chi connectivity index (χ1v) is 24.6. The molecule has 0 spiro atoms. The number of anilines is 6. The van der Waals surface area contributed by atoms with Gasteiger partial charge in [-0.05, 0) is 146 Å². The van der Waals surface area contributed by atoms with E-state index in [1.54, 1.807) is 11.3 Å². The second-order valence-corrected chi connectivity index (χ2v) is 19.1. The van der Waals surface area contributed by atoms with Crippen LogP contribution in [-0.2, 0) is 0 Å². The van der Waals surface area contributed by atoms with Gasteiger partial charge in [0.05, 0.1) is 21.3 Å². The molecule has 0 amide bonds. The first kappa shape index (κ1) is 40.1. The monoisotopic (exact) mass is 910 g/mol. The second-order valence-electron chi connectivity index (χ2n) is 18.0. The number of fused-ring (bicyclic) bond motifs is 9. The topological polar surface area (TPSA) is 24.3 Å². The van der Waals surface area contributed by atoms with Gasteiger partial charge in [0.15, 0.2) is 0 Å². The van der Waals surface area contributed by atoms with E-state index in [-0.39, 0.29) is 0 Å². The molecule has 0 aliphatic rings. The summed E-state index contributed by atoms with van der Waals surface area (Å²) in [7, 11) is 0. The summed E-state index contributed by atoms with van der Waals surface area (Å²) in [4.78, 5) is 9.83. The van der Waals surface area contributed by atoms with Crippen molar-refractivity contribution in [2.45, 2.75) is 0 Å². The highest BCUT2D eigenvalue weighted by atomic mass is 32.1. The Morgan fingerprint density at radius 2 is 0.771 bits per heavy atom. The minimum atomic E-state index is 1.01. The van der Waals surface area contributed by atoms with Crippen molar-refractivity contribution >= 4 is 121 Å². The molecule has 0 aliphatic heterocycles. The van der Waals surface area contributed by atoms with Gasteiger partial charge in [0, 0.05) is 56.1 Å². The molecule has 0 unspecified atom stereocenters. The fourth-order valence-corrected chi connectivity index (χ4v) is 11.6. The zero-order valence-electron chi connectivity index (χ0n) is 37.9. The quantitative estimate of drug-likeness (QED) is 0.142. The number of para-hydroxylation sites is 2. The molecule has 2 aromatic heterocycles. The summed E-state index contributed by atoms with van der Waals surface area (Å²) in [5.74, 6) is 0. The van der Waals surface area contributed by atoms with E-state index in [4.69, 9.17) is 4.98 Å². The molecule has 328 valence electrons. The van der Waals surface area contributed by atoms with Crippen LogP contribution < -0.4 is 9.80 Å². The standard InChI is InChI=1S/C65H42N4S/c1-3-15-45(16-4-1)65-66-61-35-31-56(42-64(61)70-65)68(52-28-26-44-14-8-10-18-47(44)38-52)54-30-34-58-49(40-54)24-23-48-39-53(29-33-57(48)58)67(51-27-25-43-13-7-9-17-46(43)37-51)55-32-36-63-60(41-55)59-21-11-12-22-62(59)69(63)50-19-5-2-6-20-50/h1-42H. The van der Waals surface area contributed by atoms with Crippen LogP contribution in [0.25, 0.3) is 91.4 Å². The molecule has 2 heterocycles. The van der Waals surface area contributed by atoms with Crippen LogP contribution in [0, 0.1) is 0 Å². The van der Waals surface area contributed by atoms with Crippen molar-refractivity contribution in [1.29, 1.82) is 0 Å². The van der Waals surface area contributed by atoms with Gasteiger partial charge in [-0.3, -0.25) is 0 Å². The molecule has 70 heavy (non-hydrogen) atoms. The largest absolute Gasteiger partial charge is 0.310 e. The average Bonchev–Trinajstić information content (AvgIpc) is 4.00. The number of hydrogen-bond acceptors (Lipinski definition) is 4. The van der Waals surface area contributed by atoms with Gasteiger partial charge < -0.3 is 14.4 Å². The molecule has 0 saturated carbocycles. The number of thiazole rings is 1. The molecule has 0 fully saturated rings. The number of aromatic nitrogens is 2. The molecule has 0 saturated heterocycles. The van der Waals surface area contributed by atoms with Crippen LogP contribution in [-0.4, -0.2) is 9.55 Å². The summed E-state index contributed by atoms with van der Waals surface area (Å²) in [5.41, 5.74) is 12.3. The van der Waals surface area contributed by atoms with Crippen LogP contribution in [0.5, 0.6) is 0 Å². The first-order valence-electron chi connectivity index (χ1n) is 23.8. The maximum atomic E-state index is 5.03. The fourth-order valence-electron chi connectivity index (χ4n) is 10.6. The summed E-state index contributed by atoms with van der Waals surface area (Å²) >= 11 is 1.74. The Kier molecular flexibility index (Phi) is 9.36. The fraction of sp³-hybridized carbons (Fsp3) is 0. The predicted molar refractivity (Wildman–Crippen MR) is 299 cm³/mol. The van der Waals surface area contributed by atoms with Crippen molar-refractivity contribution in [2.24, 2.45) is 0 Å². The maximum absolute atomic E-state index is 5.03. The lowest BCUT2D eigenvalue weighted by molar-refractivity contribution is 1.18. The van der Waals surface area contributed by atoms with E-state index >= 15 is 0 Å². The minimum absolute atomic E-state index is 1.01. The molecular weight excluding hydrogens is 869 g/mol. The highest BCUT2D eigenvalue weighted by Gasteiger charge is 2.20. The van der Waals surface area contributed by atoms with Gasteiger partial charge in [-0.25, -0.2) is 4.98 Å². The van der Waals surface area contributed by atoms with Gasteiger partial charge in [0.2, 0.25) is 0 Å². The van der Waals surface area contributed by atoms with Crippen molar-refractivity contribution in [3.63, 3.8) is 0 Å². The van der Waals surface area contributed by atoms with Gasteiger partial charge >= 0.3 is 0 Å². The summed E-state index contributed by atoms with van der Waals surface area (Å²) in [6.07, 6.45) is 0. The molecule has 0 radical (unpaired) electrons. The number of benzene rings is 12. The van der Waals surface area contributed by atoms with Crippen molar-refractivity contribution in [2.75, 3.05) is 9.80 Å². The van der Waals surface area contributed by atoms with Crippen molar-refractivity contribution < 1.29 is 0 Å². The van der Waals surface area contributed by atoms with E-state index in [9.17, 15) is 0 Å². The van der Waals surface area contributed by atoms with E-state index in [2.05, 4.69) is 269 Å². The van der Waals surface area contributed by atoms with Crippen molar-refractivity contribution in [1.82, 2.24) is 9.55 Å². The van der Waals surface area contributed by atoms with Gasteiger partial charge in [-0.2, -0.15) is 0 Å². The molecule has 5 heteroatoms. The summed E-state index contributed by atoms with van der Waals surface area (Å²) in [6, 6.07) is 92.7. The Labute approximate surface area is 408 Å². The van der Waals surface area contributed by atoms with Crippen molar-refractivity contribution in [3.8, 4) is 16.3 Å². The number of rotatable bonds is 8. The third-order valence-corrected chi connectivity index (χ3v) is 14.9. The summed E-state index contributed by atoms with van der Waals surface area (Å²) in [5, 5.41) is 13.1. The zero-order valence-corrected chi connectivity index (χ0v) is 38.8. The maximum Gasteiger partial charge on any atom is 0.124 e. The molecule has 12 aromatic carbocycles. The molecule has 0 bridgehead atoms. The molecule has 0 atom stereocenters. The van der Waals surface area contributed by atoms with Crippen LogP contribution >= 0.6 is 11.3 Å². The van der Waals surface area contributed by atoms with Gasteiger partial charge in [0.1, 0.15) is 5.01 Å². The van der Waals surface area contributed by atoms with Gasteiger partial charge in [-0.15, -0.1) is 11.3 Å². The molecule has 14 aromatic rings. The third-order valence-electron chi connectivity index (χ3n) is 13.9. The van der Waals surface area contributed by atoms with E-state index in [0.29, 0.717) is 0 Å². The minimum Gasteiger partial charge on any atom is -0.310 e. The summed E-state index contributed by atoms with van der Waals surface area (Å²) < 4.78 is 3.53. The Morgan fingerprint density at radius 3 is 1.41 bits per heavy atom. The predicted octanol–water partition coefficient (Wildman–Crippen LogP) is 18.6. The normalized spacial score (nSPS) is 11.7. The van der Waals surface area contributed by atoms with Crippen LogP contribution in [0.4, 0.5) is 34.1 Å². The lowest BCUT2D eigenvalue weighted by Crippen LogP contribution is -2.10. The highest BCUT2D eigenvalue weighted by molar-refractivity contribution is 7.21. The lowest BCUT2D eigenvalue weighted by atomic mass is 9.99. The van der Waals surface area contributed by atoms with E-state index in [0.717, 1.165) is 60.6 Å². The Hall–Kier alpha value is -9.03. The average molecular weight is 911 g/mol. The van der Waals surface area contributed by atoms with Crippen molar-refractivity contribution in [3.05, 3.63) is 255 Å². The summed E-state index contributed by atoms with van der Waals surface area (Å²) in [6.45, 7) is 0. The lowest BCUT2D eigenvalue weighted by Gasteiger charge is -2.27.